The summed E-state index contributed by atoms with van der Waals surface area (Å²) in [6.07, 6.45) is 3.15. The van der Waals surface area contributed by atoms with Gasteiger partial charge in [0.25, 0.3) is 0 Å². The first-order chi connectivity index (χ1) is 11.6. The molecule has 1 aromatic rings. The largest absolute Gasteiger partial charge is 0.356 e. The molecule has 0 aromatic heterocycles. The molecule has 0 heterocycles. The monoisotopic (exact) mass is 464 g/mol. The van der Waals surface area contributed by atoms with Gasteiger partial charge in [0, 0.05) is 19.6 Å². The van der Waals surface area contributed by atoms with Crippen molar-refractivity contribution in [3.8, 4) is 0 Å². The number of nitrogens with zero attached hydrogens (tertiary/aromatic N) is 2. The summed E-state index contributed by atoms with van der Waals surface area (Å²) in [6, 6.07) is 7.03. The normalized spacial score (nSPS) is 12.6. The van der Waals surface area contributed by atoms with Crippen LogP contribution in [-0.4, -0.2) is 50.1 Å². The van der Waals surface area contributed by atoms with Gasteiger partial charge in [-0.15, -0.1) is 24.0 Å². The lowest BCUT2D eigenvalue weighted by Gasteiger charge is -2.21. The number of benzene rings is 1. The average Bonchev–Trinajstić information content (AvgIpc) is 2.59. The van der Waals surface area contributed by atoms with E-state index in [2.05, 4.69) is 41.3 Å². The van der Waals surface area contributed by atoms with E-state index >= 15 is 0 Å². The molecule has 2 N–H and O–H groups in total. The summed E-state index contributed by atoms with van der Waals surface area (Å²) in [7, 11) is 1.79. The molecule has 0 aliphatic carbocycles. The van der Waals surface area contributed by atoms with Gasteiger partial charge in [0.1, 0.15) is 5.82 Å². The van der Waals surface area contributed by atoms with Crippen LogP contribution in [0.15, 0.2) is 29.3 Å². The molecular formula is C19H34FIN4. The number of hydrogen-bond donors (Lipinski definition) is 2. The van der Waals surface area contributed by atoms with Crippen LogP contribution in [0.3, 0.4) is 0 Å². The third-order valence-electron chi connectivity index (χ3n) is 4.23. The van der Waals surface area contributed by atoms with Crippen LogP contribution in [0.2, 0.25) is 0 Å². The summed E-state index contributed by atoms with van der Waals surface area (Å²) >= 11 is 0. The number of halogens is 2. The summed E-state index contributed by atoms with van der Waals surface area (Å²) in [5.41, 5.74) is 1.12. The minimum Gasteiger partial charge on any atom is -0.356 e. The van der Waals surface area contributed by atoms with Crippen molar-refractivity contribution < 1.29 is 4.39 Å². The van der Waals surface area contributed by atoms with E-state index in [1.54, 1.807) is 7.05 Å². The van der Waals surface area contributed by atoms with Gasteiger partial charge in [0.15, 0.2) is 5.96 Å². The zero-order valence-corrected chi connectivity index (χ0v) is 18.3. The molecule has 0 radical (unpaired) electrons. The molecular weight excluding hydrogens is 430 g/mol. The van der Waals surface area contributed by atoms with Crippen LogP contribution >= 0.6 is 24.0 Å². The van der Waals surface area contributed by atoms with E-state index < -0.39 is 0 Å². The first-order valence-electron chi connectivity index (χ1n) is 9.03. The van der Waals surface area contributed by atoms with Crippen molar-refractivity contribution in [1.29, 1.82) is 0 Å². The molecule has 4 nitrogen and oxygen atoms in total. The molecule has 0 spiro atoms. The lowest BCUT2D eigenvalue weighted by molar-refractivity contribution is 0.292. The van der Waals surface area contributed by atoms with Gasteiger partial charge in [-0.25, -0.2) is 4.39 Å². The molecule has 1 atom stereocenters. The second-order valence-electron chi connectivity index (χ2n) is 6.09. The van der Waals surface area contributed by atoms with Crippen molar-refractivity contribution in [2.24, 2.45) is 4.99 Å². The Bertz CT molecular complexity index is 475. The maximum atomic E-state index is 12.9. The molecule has 0 aliphatic rings. The molecule has 0 bridgehead atoms. The maximum Gasteiger partial charge on any atom is 0.191 e. The molecule has 6 heteroatoms. The molecule has 0 amide bonds. The van der Waals surface area contributed by atoms with Crippen LogP contribution in [0.4, 0.5) is 4.39 Å². The third-order valence-corrected chi connectivity index (χ3v) is 4.23. The Kier molecular flexibility index (Phi) is 13.8. The molecule has 25 heavy (non-hydrogen) atoms. The smallest absolute Gasteiger partial charge is 0.191 e. The summed E-state index contributed by atoms with van der Waals surface area (Å²) in [5, 5.41) is 6.75. The Hall–Kier alpha value is -0.890. The molecule has 0 aliphatic heterocycles. The lowest BCUT2D eigenvalue weighted by atomic mass is 10.1. The predicted octanol–water partition coefficient (Wildman–Crippen LogP) is 3.66. The van der Waals surface area contributed by atoms with Gasteiger partial charge in [-0.3, -0.25) is 4.99 Å². The summed E-state index contributed by atoms with van der Waals surface area (Å²) in [6.45, 7) is 10.8. The van der Waals surface area contributed by atoms with Gasteiger partial charge in [0.2, 0.25) is 0 Å². The third kappa shape index (κ3) is 10.6. The molecule has 1 aromatic carbocycles. The number of rotatable bonds is 10. The van der Waals surface area contributed by atoms with E-state index in [4.69, 9.17) is 0 Å². The van der Waals surface area contributed by atoms with E-state index in [-0.39, 0.29) is 29.8 Å². The van der Waals surface area contributed by atoms with E-state index in [0.717, 1.165) is 50.5 Å². The van der Waals surface area contributed by atoms with Crippen molar-refractivity contribution in [3.05, 3.63) is 35.6 Å². The Labute approximate surface area is 169 Å². The highest BCUT2D eigenvalue weighted by molar-refractivity contribution is 14.0. The van der Waals surface area contributed by atoms with Crippen molar-refractivity contribution >= 4 is 29.9 Å². The first-order valence-corrected chi connectivity index (χ1v) is 9.03. The highest BCUT2D eigenvalue weighted by atomic mass is 127. The second-order valence-corrected chi connectivity index (χ2v) is 6.09. The fraction of sp³-hybridized carbons (Fsp3) is 0.632. The van der Waals surface area contributed by atoms with Gasteiger partial charge in [-0.05, 0) is 63.5 Å². The fourth-order valence-corrected chi connectivity index (χ4v) is 2.64. The van der Waals surface area contributed by atoms with Gasteiger partial charge >= 0.3 is 0 Å². The number of hydrogen-bond acceptors (Lipinski definition) is 2. The lowest BCUT2D eigenvalue weighted by Crippen LogP contribution is -2.43. The standard InChI is InChI=1S/C19H33FN4.HI/c1-5-24(6-2)15-7-8-16(3)23-19(21-4)22-14-13-17-9-11-18(20)12-10-17;/h9-12,16H,5-8,13-15H2,1-4H3,(H2,21,22,23);1H. The molecule has 1 unspecified atom stereocenters. The van der Waals surface area contributed by atoms with Crippen molar-refractivity contribution in [2.45, 2.75) is 46.1 Å². The highest BCUT2D eigenvalue weighted by Gasteiger charge is 2.06. The molecule has 144 valence electrons. The SMILES string of the molecule is CCN(CC)CCCC(C)NC(=NC)NCCc1ccc(F)cc1.I. The Balaban J connectivity index is 0.00000576. The number of aliphatic imine (C=N–C) groups is 1. The van der Waals surface area contributed by atoms with Crippen molar-refractivity contribution in [1.82, 2.24) is 15.5 Å². The van der Waals surface area contributed by atoms with E-state index in [1.807, 2.05) is 12.1 Å². The number of guanidine groups is 1. The minimum absolute atomic E-state index is 0. The fourth-order valence-electron chi connectivity index (χ4n) is 2.64. The van der Waals surface area contributed by atoms with Gasteiger partial charge in [-0.1, -0.05) is 26.0 Å². The Morgan fingerprint density at radius 1 is 1.20 bits per heavy atom. The summed E-state index contributed by atoms with van der Waals surface area (Å²) in [4.78, 5) is 6.72. The van der Waals surface area contributed by atoms with Crippen LogP contribution in [-0.2, 0) is 6.42 Å². The Morgan fingerprint density at radius 2 is 1.84 bits per heavy atom. The molecule has 0 saturated carbocycles. The van der Waals surface area contributed by atoms with Crippen LogP contribution in [0.25, 0.3) is 0 Å². The maximum absolute atomic E-state index is 12.9. The van der Waals surface area contributed by atoms with Crippen LogP contribution in [0.5, 0.6) is 0 Å². The molecule has 1 rings (SSSR count). The Morgan fingerprint density at radius 3 is 2.40 bits per heavy atom. The van der Waals surface area contributed by atoms with Crippen LogP contribution in [0, 0.1) is 5.82 Å². The quantitative estimate of drug-likeness (QED) is 0.316. The van der Waals surface area contributed by atoms with Gasteiger partial charge in [0.05, 0.1) is 0 Å². The minimum atomic E-state index is -0.192. The summed E-state index contributed by atoms with van der Waals surface area (Å²) in [5.74, 6) is 0.634. The predicted molar refractivity (Wildman–Crippen MR) is 117 cm³/mol. The molecule has 0 fully saturated rings. The number of nitrogens with one attached hydrogen (secondary N) is 2. The molecule has 0 saturated heterocycles. The summed E-state index contributed by atoms with van der Waals surface area (Å²) < 4.78 is 12.9. The first kappa shape index (κ1) is 24.1. The van der Waals surface area contributed by atoms with Crippen LogP contribution in [0.1, 0.15) is 39.2 Å². The zero-order valence-electron chi connectivity index (χ0n) is 16.0. The van der Waals surface area contributed by atoms with E-state index in [1.165, 1.54) is 18.6 Å². The van der Waals surface area contributed by atoms with E-state index in [9.17, 15) is 4.39 Å². The average molecular weight is 464 g/mol. The second kappa shape index (κ2) is 14.3. The topological polar surface area (TPSA) is 39.7 Å². The zero-order chi connectivity index (χ0) is 17.8. The van der Waals surface area contributed by atoms with Crippen LogP contribution < -0.4 is 10.6 Å². The van der Waals surface area contributed by atoms with Gasteiger partial charge < -0.3 is 15.5 Å². The van der Waals surface area contributed by atoms with E-state index in [0.29, 0.717) is 6.04 Å². The van der Waals surface area contributed by atoms with Crippen molar-refractivity contribution in [3.63, 3.8) is 0 Å². The highest BCUT2D eigenvalue weighted by Crippen LogP contribution is 2.03. The van der Waals surface area contributed by atoms with Gasteiger partial charge in [-0.2, -0.15) is 0 Å². The van der Waals surface area contributed by atoms with Crippen molar-refractivity contribution in [2.75, 3.05) is 33.2 Å².